The molecule has 1 aliphatic heterocycles. The molecule has 0 bridgehead atoms. The Labute approximate surface area is 137 Å². The molecule has 0 saturated heterocycles. The van der Waals surface area contributed by atoms with E-state index in [1.807, 2.05) is 78.7 Å². The van der Waals surface area contributed by atoms with E-state index in [1.165, 1.54) is 0 Å². The number of aliphatic hydroxyl groups is 1. The number of hydrazone groups is 1. The highest BCUT2D eigenvalue weighted by atomic mass is 16.3. The Kier molecular flexibility index (Phi) is 4.09. The Morgan fingerprint density at radius 1 is 1.17 bits per heavy atom. The smallest absolute Gasteiger partial charge is 0.141 e. The van der Waals surface area contributed by atoms with E-state index in [9.17, 15) is 5.11 Å². The van der Waals surface area contributed by atoms with E-state index in [-0.39, 0.29) is 0 Å². The Balaban J connectivity index is 1.97. The summed E-state index contributed by atoms with van der Waals surface area (Å²) in [6.07, 6.45) is 2.06. The lowest BCUT2D eigenvalue weighted by Crippen LogP contribution is -2.44. The van der Waals surface area contributed by atoms with Crippen molar-refractivity contribution in [2.24, 2.45) is 5.10 Å². The Bertz CT molecular complexity index is 701. The fourth-order valence-electron chi connectivity index (χ4n) is 3.29. The van der Waals surface area contributed by atoms with E-state index in [0.717, 1.165) is 23.4 Å². The van der Waals surface area contributed by atoms with Crippen molar-refractivity contribution < 1.29 is 5.11 Å². The number of hydrogen-bond donors (Lipinski definition) is 1. The highest BCUT2D eigenvalue weighted by Gasteiger charge is 2.47. The average Bonchev–Trinajstić information content (AvgIpc) is 2.82. The Hall–Kier alpha value is -2.33. The van der Waals surface area contributed by atoms with Gasteiger partial charge in [-0.3, -0.25) is 5.01 Å². The van der Waals surface area contributed by atoms with Gasteiger partial charge in [-0.05, 0) is 30.2 Å². The molecule has 0 aromatic heterocycles. The van der Waals surface area contributed by atoms with Gasteiger partial charge in [-0.25, -0.2) is 0 Å². The van der Waals surface area contributed by atoms with Crippen molar-refractivity contribution >= 4 is 17.6 Å². The van der Waals surface area contributed by atoms with Gasteiger partial charge in [-0.2, -0.15) is 5.10 Å². The summed E-state index contributed by atoms with van der Waals surface area (Å²) < 4.78 is 0. The first-order valence-electron chi connectivity index (χ1n) is 7.94. The molecule has 3 rings (SSSR count). The average molecular weight is 309 g/mol. The van der Waals surface area contributed by atoms with Crippen molar-refractivity contribution in [1.82, 2.24) is 0 Å². The van der Waals surface area contributed by atoms with Crippen LogP contribution in [0.4, 0.5) is 11.4 Å². The van der Waals surface area contributed by atoms with Crippen LogP contribution in [0.15, 0.2) is 59.7 Å². The molecule has 1 aliphatic rings. The standard InChI is InChI=1S/C19H23N3O/c1-4-19(14-20-22(3)15-10-6-5-7-11-15)16-12-8-9-13-17(16)21(2)18(19)23/h5-14,18,23H,4H2,1-3H3/b20-14+. The van der Waals surface area contributed by atoms with Gasteiger partial charge in [0.1, 0.15) is 6.23 Å². The van der Waals surface area contributed by atoms with E-state index < -0.39 is 11.6 Å². The van der Waals surface area contributed by atoms with Gasteiger partial charge in [0.05, 0.1) is 11.1 Å². The second-order valence-electron chi connectivity index (χ2n) is 6.00. The van der Waals surface area contributed by atoms with Gasteiger partial charge in [-0.15, -0.1) is 0 Å². The molecule has 0 amide bonds. The zero-order valence-electron chi connectivity index (χ0n) is 13.8. The predicted octanol–water partition coefficient (Wildman–Crippen LogP) is 3.22. The normalized spacial score (nSPS) is 23.3. The zero-order chi connectivity index (χ0) is 16.4. The molecular weight excluding hydrogens is 286 g/mol. The lowest BCUT2D eigenvalue weighted by Gasteiger charge is -2.30. The summed E-state index contributed by atoms with van der Waals surface area (Å²) in [6.45, 7) is 2.09. The quantitative estimate of drug-likeness (QED) is 0.696. The molecule has 2 atom stereocenters. The maximum Gasteiger partial charge on any atom is 0.141 e. The van der Waals surface area contributed by atoms with Crippen LogP contribution in [0.5, 0.6) is 0 Å². The fraction of sp³-hybridized carbons (Fsp3) is 0.316. The van der Waals surface area contributed by atoms with Gasteiger partial charge < -0.3 is 10.0 Å². The van der Waals surface area contributed by atoms with Crippen molar-refractivity contribution in [1.29, 1.82) is 0 Å². The number of hydrogen-bond acceptors (Lipinski definition) is 4. The molecule has 2 aromatic rings. The first-order valence-corrected chi connectivity index (χ1v) is 7.94. The molecule has 2 aromatic carbocycles. The first kappa shape index (κ1) is 15.6. The monoisotopic (exact) mass is 309 g/mol. The molecule has 1 N–H and O–H groups in total. The molecule has 2 unspecified atom stereocenters. The number of fused-ring (bicyclic) bond motifs is 1. The van der Waals surface area contributed by atoms with Crippen molar-refractivity contribution in [3.8, 4) is 0 Å². The number of likely N-dealkylation sites (N-methyl/N-ethyl adjacent to an activating group) is 1. The first-order chi connectivity index (χ1) is 11.1. The minimum atomic E-state index is -0.613. The molecule has 4 heteroatoms. The van der Waals surface area contributed by atoms with E-state index in [4.69, 9.17) is 0 Å². The van der Waals surface area contributed by atoms with Crippen LogP contribution in [-0.2, 0) is 5.41 Å². The van der Waals surface area contributed by atoms with Gasteiger partial charge in [-0.1, -0.05) is 43.3 Å². The second-order valence-corrected chi connectivity index (χ2v) is 6.00. The van der Waals surface area contributed by atoms with E-state index in [1.54, 1.807) is 0 Å². The summed E-state index contributed by atoms with van der Waals surface area (Å²) >= 11 is 0. The number of rotatable bonds is 4. The summed E-state index contributed by atoms with van der Waals surface area (Å²) in [5.74, 6) is 0. The fourth-order valence-corrected chi connectivity index (χ4v) is 3.29. The number of anilines is 2. The van der Waals surface area contributed by atoms with E-state index >= 15 is 0 Å². The third kappa shape index (κ3) is 2.49. The minimum Gasteiger partial charge on any atom is -0.372 e. The minimum absolute atomic E-state index is 0.492. The number of nitrogens with zero attached hydrogens (tertiary/aromatic N) is 3. The van der Waals surface area contributed by atoms with Crippen molar-refractivity contribution in [2.75, 3.05) is 24.0 Å². The van der Waals surface area contributed by atoms with E-state index in [2.05, 4.69) is 18.1 Å². The molecule has 4 nitrogen and oxygen atoms in total. The maximum absolute atomic E-state index is 10.8. The largest absolute Gasteiger partial charge is 0.372 e. The number of benzene rings is 2. The summed E-state index contributed by atoms with van der Waals surface area (Å²) in [4.78, 5) is 1.92. The van der Waals surface area contributed by atoms with Crippen LogP contribution in [0.25, 0.3) is 0 Å². The molecule has 0 fully saturated rings. The van der Waals surface area contributed by atoms with Crippen molar-refractivity contribution in [3.05, 3.63) is 60.2 Å². The Morgan fingerprint density at radius 3 is 2.52 bits per heavy atom. The highest BCUT2D eigenvalue weighted by Crippen LogP contribution is 2.44. The second kappa shape index (κ2) is 6.05. The summed E-state index contributed by atoms with van der Waals surface area (Å²) in [6, 6.07) is 18.1. The highest BCUT2D eigenvalue weighted by molar-refractivity contribution is 5.83. The van der Waals surface area contributed by atoms with Gasteiger partial charge >= 0.3 is 0 Å². The van der Waals surface area contributed by atoms with Crippen LogP contribution < -0.4 is 9.91 Å². The lowest BCUT2D eigenvalue weighted by molar-refractivity contribution is 0.129. The van der Waals surface area contributed by atoms with Gasteiger partial charge in [0.15, 0.2) is 0 Å². The topological polar surface area (TPSA) is 39.1 Å². The Morgan fingerprint density at radius 2 is 1.83 bits per heavy atom. The van der Waals surface area contributed by atoms with Crippen LogP contribution >= 0.6 is 0 Å². The zero-order valence-corrected chi connectivity index (χ0v) is 13.8. The SMILES string of the molecule is CCC1(/C=N/N(C)c2ccccc2)c2ccccc2N(C)C1O. The van der Waals surface area contributed by atoms with Crippen LogP contribution in [0.3, 0.4) is 0 Å². The van der Waals surface area contributed by atoms with E-state index in [0.29, 0.717) is 0 Å². The summed E-state index contributed by atoms with van der Waals surface area (Å²) in [5.41, 5.74) is 2.72. The van der Waals surface area contributed by atoms with Crippen LogP contribution in [0.1, 0.15) is 18.9 Å². The molecular formula is C19H23N3O. The third-order valence-electron chi connectivity index (χ3n) is 4.79. The molecule has 0 spiro atoms. The summed E-state index contributed by atoms with van der Waals surface area (Å²) in [7, 11) is 3.85. The van der Waals surface area contributed by atoms with Crippen LogP contribution in [0, 0.1) is 0 Å². The van der Waals surface area contributed by atoms with Gasteiger partial charge in [0, 0.05) is 26.0 Å². The summed E-state index contributed by atoms with van der Waals surface area (Å²) in [5, 5.41) is 17.3. The maximum atomic E-state index is 10.8. The molecule has 0 aliphatic carbocycles. The molecule has 0 radical (unpaired) electrons. The molecule has 0 saturated carbocycles. The number of aliphatic hydroxyl groups excluding tert-OH is 1. The van der Waals surface area contributed by atoms with Gasteiger partial charge in [0.25, 0.3) is 0 Å². The van der Waals surface area contributed by atoms with Crippen LogP contribution in [0.2, 0.25) is 0 Å². The van der Waals surface area contributed by atoms with Crippen molar-refractivity contribution in [3.63, 3.8) is 0 Å². The molecule has 1 heterocycles. The van der Waals surface area contributed by atoms with Crippen molar-refractivity contribution in [2.45, 2.75) is 25.0 Å². The van der Waals surface area contributed by atoms with Crippen LogP contribution in [-0.4, -0.2) is 31.6 Å². The third-order valence-corrected chi connectivity index (χ3v) is 4.79. The van der Waals surface area contributed by atoms with Gasteiger partial charge in [0.2, 0.25) is 0 Å². The lowest BCUT2D eigenvalue weighted by atomic mass is 9.79. The molecule has 120 valence electrons. The predicted molar refractivity (Wildman–Crippen MR) is 96.2 cm³/mol. The number of para-hydroxylation sites is 2. The molecule has 23 heavy (non-hydrogen) atoms.